The lowest BCUT2D eigenvalue weighted by Gasteiger charge is -2.26. The van der Waals surface area contributed by atoms with Crippen molar-refractivity contribution in [1.29, 1.82) is 0 Å². The van der Waals surface area contributed by atoms with E-state index in [0.29, 0.717) is 0 Å². The molecule has 0 aliphatic carbocycles. The summed E-state index contributed by atoms with van der Waals surface area (Å²) >= 11 is 0. The van der Waals surface area contributed by atoms with Crippen molar-refractivity contribution in [2.75, 3.05) is 12.3 Å². The predicted molar refractivity (Wildman–Crippen MR) is 94.0 cm³/mol. The molecule has 3 heterocycles. The van der Waals surface area contributed by atoms with E-state index in [1.165, 1.54) is 10.9 Å². The summed E-state index contributed by atoms with van der Waals surface area (Å²) in [4.78, 5) is 32.0. The molecule has 6 N–H and O–H groups in total. The number of nitrogens with two attached hydrogens (primary N) is 1. The van der Waals surface area contributed by atoms with Crippen molar-refractivity contribution in [3.05, 3.63) is 16.7 Å². The second-order valence-electron chi connectivity index (χ2n) is 7.31. The second-order valence-corrected chi connectivity index (χ2v) is 9.95. The molecule has 1 aliphatic rings. The topological polar surface area (TPSA) is 186 Å². The average molecular weight is 403 g/mol. The number of aromatic amines is 1. The van der Waals surface area contributed by atoms with Gasteiger partial charge in [-0.25, -0.2) is 4.98 Å². The fraction of sp³-hybridized carbons (Fsp3) is 0.643. The number of H-pyrrole nitrogens is 1. The molecule has 0 spiro atoms. The van der Waals surface area contributed by atoms with Crippen LogP contribution in [0.15, 0.2) is 11.1 Å². The lowest BCUT2D eigenvalue weighted by atomic mass is 10.1. The van der Waals surface area contributed by atoms with Gasteiger partial charge in [-0.05, 0) is 20.8 Å². The minimum absolute atomic E-state index is 0.0122. The number of nitrogens with zero attached hydrogens (tertiary/aromatic N) is 3. The van der Waals surface area contributed by atoms with Crippen LogP contribution in [0.2, 0.25) is 0 Å². The summed E-state index contributed by atoms with van der Waals surface area (Å²) in [7, 11) is -3.97. The zero-order valence-electron chi connectivity index (χ0n) is 14.9. The maximum atomic E-state index is 12.2. The summed E-state index contributed by atoms with van der Waals surface area (Å²) in [6.07, 6.45) is -3.80. The van der Waals surface area contributed by atoms with Gasteiger partial charge >= 0.3 is 7.60 Å². The highest BCUT2D eigenvalue weighted by Gasteiger charge is 2.46. The van der Waals surface area contributed by atoms with Crippen molar-refractivity contribution in [3.63, 3.8) is 0 Å². The Morgan fingerprint density at radius 1 is 1.41 bits per heavy atom. The Balaban J connectivity index is 1.84. The molecule has 1 aliphatic heterocycles. The summed E-state index contributed by atoms with van der Waals surface area (Å²) in [5.41, 5.74) is 5.03. The quantitative estimate of drug-likeness (QED) is 0.410. The van der Waals surface area contributed by atoms with Gasteiger partial charge in [0.2, 0.25) is 5.95 Å². The van der Waals surface area contributed by atoms with Crippen LogP contribution in [-0.4, -0.2) is 64.7 Å². The van der Waals surface area contributed by atoms with Gasteiger partial charge in [-0.15, -0.1) is 0 Å². The smallest absolute Gasteiger partial charge is 0.333 e. The van der Waals surface area contributed by atoms with Crippen molar-refractivity contribution < 1.29 is 28.9 Å². The predicted octanol–water partition coefficient (Wildman–Crippen LogP) is -0.679. The van der Waals surface area contributed by atoms with Gasteiger partial charge < -0.3 is 30.1 Å². The summed E-state index contributed by atoms with van der Waals surface area (Å²) < 4.78 is 24.1. The maximum Gasteiger partial charge on any atom is 0.333 e. The van der Waals surface area contributed by atoms with E-state index in [0.717, 1.165) is 0 Å². The lowest BCUT2D eigenvalue weighted by Crippen LogP contribution is -2.34. The van der Waals surface area contributed by atoms with E-state index >= 15 is 0 Å². The van der Waals surface area contributed by atoms with E-state index in [4.69, 9.17) is 15.0 Å². The Morgan fingerprint density at radius 3 is 2.70 bits per heavy atom. The van der Waals surface area contributed by atoms with Gasteiger partial charge in [-0.2, -0.15) is 4.98 Å². The highest BCUT2D eigenvalue weighted by molar-refractivity contribution is 7.54. The first-order valence-electron chi connectivity index (χ1n) is 8.14. The first-order chi connectivity index (χ1) is 12.4. The highest BCUT2D eigenvalue weighted by atomic mass is 31.2. The molecule has 5 atom stereocenters. The zero-order valence-corrected chi connectivity index (χ0v) is 15.8. The molecule has 0 saturated carbocycles. The van der Waals surface area contributed by atoms with Crippen molar-refractivity contribution in [2.24, 2.45) is 0 Å². The Kier molecular flexibility index (Phi) is 4.91. The minimum atomic E-state index is -3.97. The van der Waals surface area contributed by atoms with Gasteiger partial charge in [0.05, 0.1) is 18.1 Å². The number of ether oxygens (including phenoxy) is 1. The molecule has 0 aromatic carbocycles. The van der Waals surface area contributed by atoms with Gasteiger partial charge in [0, 0.05) is 0 Å². The summed E-state index contributed by atoms with van der Waals surface area (Å²) in [5.74, 6) is -0.145. The largest absolute Gasteiger partial charge is 0.387 e. The SMILES string of the molecule is CC(C)(C)P(=O)(O)OC[C@H]1O[C@@H](n2cnc3c(=O)[nH]c(N)nc32)C(O)[C@H]1O. The molecule has 0 amide bonds. The van der Waals surface area contributed by atoms with Crippen molar-refractivity contribution in [1.82, 2.24) is 19.5 Å². The van der Waals surface area contributed by atoms with Crippen LogP contribution in [0.4, 0.5) is 5.95 Å². The molecule has 13 heteroatoms. The summed E-state index contributed by atoms with van der Waals surface area (Å²) in [6.45, 7) is 4.22. The Labute approximate surface area is 153 Å². The summed E-state index contributed by atoms with van der Waals surface area (Å²) in [6, 6.07) is 0. The van der Waals surface area contributed by atoms with Crippen LogP contribution in [-0.2, 0) is 13.8 Å². The first-order valence-corrected chi connectivity index (χ1v) is 9.71. The number of anilines is 1. The van der Waals surface area contributed by atoms with Crippen LogP contribution < -0.4 is 11.3 Å². The van der Waals surface area contributed by atoms with E-state index in [1.807, 2.05) is 0 Å². The highest BCUT2D eigenvalue weighted by Crippen LogP contribution is 2.55. The number of aromatic nitrogens is 4. The number of fused-ring (bicyclic) bond motifs is 1. The van der Waals surface area contributed by atoms with E-state index in [2.05, 4.69) is 15.0 Å². The van der Waals surface area contributed by atoms with Gasteiger partial charge in [-0.1, -0.05) is 0 Å². The fourth-order valence-corrected chi connectivity index (χ4v) is 3.33. The molecule has 150 valence electrons. The maximum absolute atomic E-state index is 12.2. The van der Waals surface area contributed by atoms with Crippen LogP contribution in [0.25, 0.3) is 11.2 Å². The number of aliphatic hydroxyl groups is 2. The fourth-order valence-electron chi connectivity index (χ4n) is 2.59. The normalized spacial score (nSPS) is 28.5. The Morgan fingerprint density at radius 2 is 2.07 bits per heavy atom. The Bertz CT molecular complexity index is 951. The number of nitrogen functional groups attached to an aromatic ring is 1. The number of imidazole rings is 1. The van der Waals surface area contributed by atoms with Crippen LogP contribution >= 0.6 is 7.60 Å². The molecule has 0 bridgehead atoms. The Hall–Kier alpha value is -1.82. The number of nitrogens with one attached hydrogen (secondary N) is 1. The molecule has 0 radical (unpaired) electrons. The van der Waals surface area contributed by atoms with Crippen molar-refractivity contribution in [2.45, 2.75) is 50.5 Å². The van der Waals surface area contributed by atoms with E-state index in [9.17, 15) is 24.5 Å². The van der Waals surface area contributed by atoms with Gasteiger partial charge in [-0.3, -0.25) is 18.9 Å². The third kappa shape index (κ3) is 3.51. The minimum Gasteiger partial charge on any atom is -0.387 e. The molecule has 2 aromatic heterocycles. The molecule has 1 fully saturated rings. The van der Waals surface area contributed by atoms with Gasteiger partial charge in [0.25, 0.3) is 5.56 Å². The third-order valence-corrected chi connectivity index (χ3v) is 6.52. The number of hydrogen-bond acceptors (Lipinski definition) is 9. The van der Waals surface area contributed by atoms with E-state index in [1.54, 1.807) is 20.8 Å². The van der Waals surface area contributed by atoms with Crippen LogP contribution in [0.3, 0.4) is 0 Å². The van der Waals surface area contributed by atoms with Gasteiger partial charge in [0.15, 0.2) is 17.4 Å². The van der Waals surface area contributed by atoms with Crippen LogP contribution in [0.1, 0.15) is 27.0 Å². The van der Waals surface area contributed by atoms with Gasteiger partial charge in [0.1, 0.15) is 18.3 Å². The van der Waals surface area contributed by atoms with Crippen LogP contribution in [0.5, 0.6) is 0 Å². The summed E-state index contributed by atoms with van der Waals surface area (Å²) in [5, 5.41) is 19.5. The number of rotatable bonds is 4. The standard InChI is InChI=1S/C14H22N5O7P/c1-14(2,3)27(23,24)25-4-6-8(20)9(21)12(26-6)19-5-16-7-10(19)17-13(15)18-11(7)22/h5-6,8-9,12,20-21H,4H2,1-3H3,(H,23,24)(H3,15,17,18,22)/t6-,8+,9?,12-/m1/s1. The first kappa shape index (κ1) is 19.9. The molecule has 2 unspecified atom stereocenters. The monoisotopic (exact) mass is 403 g/mol. The molecule has 12 nitrogen and oxygen atoms in total. The average Bonchev–Trinajstić information content (AvgIpc) is 3.07. The number of hydrogen-bond donors (Lipinski definition) is 5. The number of aliphatic hydroxyl groups excluding tert-OH is 2. The molecule has 1 saturated heterocycles. The zero-order chi connectivity index (χ0) is 20.1. The second kappa shape index (κ2) is 6.66. The van der Waals surface area contributed by atoms with Crippen molar-refractivity contribution in [3.8, 4) is 0 Å². The lowest BCUT2D eigenvalue weighted by molar-refractivity contribution is -0.0489. The molecule has 3 rings (SSSR count). The van der Waals surface area contributed by atoms with E-state index < -0.39 is 49.5 Å². The molecular weight excluding hydrogens is 381 g/mol. The van der Waals surface area contributed by atoms with E-state index in [-0.39, 0.29) is 17.1 Å². The van der Waals surface area contributed by atoms with Crippen LogP contribution in [0, 0.1) is 0 Å². The molecular formula is C14H22N5O7P. The molecule has 2 aromatic rings. The van der Waals surface area contributed by atoms with Crippen molar-refractivity contribution >= 4 is 24.7 Å². The molecule has 27 heavy (non-hydrogen) atoms. The third-order valence-electron chi connectivity index (χ3n) is 4.32.